The van der Waals surface area contributed by atoms with Crippen LogP contribution in [0.15, 0.2) is 32.3 Å². The van der Waals surface area contributed by atoms with Crippen molar-refractivity contribution >= 4 is 26.8 Å². The van der Waals surface area contributed by atoms with Gasteiger partial charge in [0, 0.05) is 4.47 Å². The molecule has 17 heavy (non-hydrogen) atoms. The molecule has 6 heteroatoms. The van der Waals surface area contributed by atoms with Gasteiger partial charge in [-0.2, -0.15) is 0 Å². The van der Waals surface area contributed by atoms with Gasteiger partial charge in [0.1, 0.15) is 0 Å². The Morgan fingerprint density at radius 3 is 2.82 bits per heavy atom. The second-order valence-electron chi connectivity index (χ2n) is 3.86. The number of nitrogens with zero attached hydrogens (tertiary/aromatic N) is 1. The number of rotatable bonds is 2. The van der Waals surface area contributed by atoms with Crippen molar-refractivity contribution < 1.29 is 5.11 Å². The molecule has 0 aliphatic carbocycles. The number of para-hydroxylation sites is 1. The number of hydrogen-bond acceptors (Lipinski definition) is 3. The van der Waals surface area contributed by atoms with Crippen molar-refractivity contribution in [3.8, 4) is 0 Å². The zero-order valence-electron chi connectivity index (χ0n) is 9.11. The average molecular weight is 299 g/mol. The molecule has 0 aliphatic heterocycles. The molecule has 0 saturated carbocycles. The van der Waals surface area contributed by atoms with Gasteiger partial charge in [0.05, 0.1) is 23.6 Å². The molecule has 5 nitrogen and oxygen atoms in total. The fraction of sp³-hybridized carbons (Fsp3) is 0.273. The summed E-state index contributed by atoms with van der Waals surface area (Å²) in [5.41, 5.74) is -0.439. The molecule has 90 valence electrons. The standard InChI is InChI=1S/C11H11BrN2O3/c1-6(15)5-14-10(16)7-3-2-4-8(12)9(7)13-11(14)17/h2-4,6,15H,5H2,1H3,(H,13,17). The molecule has 0 bridgehead atoms. The van der Waals surface area contributed by atoms with Crippen molar-refractivity contribution in [2.45, 2.75) is 19.6 Å². The van der Waals surface area contributed by atoms with Gasteiger partial charge in [0.2, 0.25) is 0 Å². The van der Waals surface area contributed by atoms with Gasteiger partial charge in [-0.25, -0.2) is 4.79 Å². The highest BCUT2D eigenvalue weighted by molar-refractivity contribution is 9.10. The molecule has 0 aliphatic rings. The Morgan fingerprint density at radius 1 is 1.47 bits per heavy atom. The van der Waals surface area contributed by atoms with Gasteiger partial charge >= 0.3 is 5.69 Å². The van der Waals surface area contributed by atoms with Gasteiger partial charge in [0.25, 0.3) is 5.56 Å². The van der Waals surface area contributed by atoms with Crippen LogP contribution in [0.1, 0.15) is 6.92 Å². The fourth-order valence-electron chi connectivity index (χ4n) is 1.67. The Labute approximate surface area is 105 Å². The Balaban J connectivity index is 2.82. The maximum atomic E-state index is 12.0. The second-order valence-corrected chi connectivity index (χ2v) is 4.71. The molecule has 0 saturated heterocycles. The molecule has 1 heterocycles. The lowest BCUT2D eigenvalue weighted by Gasteiger charge is -2.08. The molecular weight excluding hydrogens is 288 g/mol. The molecule has 0 spiro atoms. The van der Waals surface area contributed by atoms with E-state index in [9.17, 15) is 14.7 Å². The minimum absolute atomic E-state index is 0.0172. The number of fused-ring (bicyclic) bond motifs is 1. The van der Waals surface area contributed by atoms with E-state index in [1.54, 1.807) is 18.2 Å². The highest BCUT2D eigenvalue weighted by Gasteiger charge is 2.10. The molecule has 2 aromatic rings. The second kappa shape index (κ2) is 4.46. The van der Waals surface area contributed by atoms with Crippen LogP contribution in [0.2, 0.25) is 0 Å². The Hall–Kier alpha value is -1.40. The first kappa shape index (κ1) is 12.1. The largest absolute Gasteiger partial charge is 0.392 e. The molecule has 2 N–H and O–H groups in total. The number of aliphatic hydroxyl groups is 1. The van der Waals surface area contributed by atoms with Crippen LogP contribution in [0.5, 0.6) is 0 Å². The molecule has 1 aromatic heterocycles. The number of aromatic nitrogens is 2. The zero-order valence-corrected chi connectivity index (χ0v) is 10.7. The smallest absolute Gasteiger partial charge is 0.328 e. The number of H-pyrrole nitrogens is 1. The van der Waals surface area contributed by atoms with Crippen molar-refractivity contribution in [2.75, 3.05) is 0 Å². The minimum Gasteiger partial charge on any atom is -0.392 e. The van der Waals surface area contributed by atoms with Crippen LogP contribution in [0.25, 0.3) is 10.9 Å². The third-order valence-corrected chi connectivity index (χ3v) is 3.07. The number of aromatic amines is 1. The number of benzene rings is 1. The summed E-state index contributed by atoms with van der Waals surface area (Å²) in [7, 11) is 0. The van der Waals surface area contributed by atoms with E-state index < -0.39 is 17.4 Å². The first-order valence-electron chi connectivity index (χ1n) is 5.10. The summed E-state index contributed by atoms with van der Waals surface area (Å²) in [6.07, 6.45) is -0.751. The lowest BCUT2D eigenvalue weighted by atomic mass is 10.2. The summed E-state index contributed by atoms with van der Waals surface area (Å²) in [6, 6.07) is 5.10. The molecule has 1 atom stereocenters. The lowest BCUT2D eigenvalue weighted by molar-refractivity contribution is 0.170. The normalized spacial score (nSPS) is 12.9. The third-order valence-electron chi connectivity index (χ3n) is 2.41. The van der Waals surface area contributed by atoms with Crippen LogP contribution in [-0.2, 0) is 6.54 Å². The first-order valence-corrected chi connectivity index (χ1v) is 5.89. The predicted molar refractivity (Wildman–Crippen MR) is 68.2 cm³/mol. The topological polar surface area (TPSA) is 75.1 Å². The SMILES string of the molecule is CC(O)Cn1c(=O)[nH]c2c(Br)cccc2c1=O. The van der Waals surface area contributed by atoms with Crippen LogP contribution in [0.3, 0.4) is 0 Å². The molecular formula is C11H11BrN2O3. The van der Waals surface area contributed by atoms with E-state index in [2.05, 4.69) is 20.9 Å². The van der Waals surface area contributed by atoms with Gasteiger partial charge < -0.3 is 10.1 Å². The fourth-order valence-corrected chi connectivity index (χ4v) is 2.14. The summed E-state index contributed by atoms with van der Waals surface area (Å²) in [6.45, 7) is 1.51. The molecule has 2 rings (SSSR count). The lowest BCUT2D eigenvalue weighted by Crippen LogP contribution is -2.37. The van der Waals surface area contributed by atoms with E-state index in [4.69, 9.17) is 0 Å². The van der Waals surface area contributed by atoms with Gasteiger partial charge in [-0.3, -0.25) is 9.36 Å². The van der Waals surface area contributed by atoms with E-state index in [0.29, 0.717) is 15.4 Å². The Kier molecular flexibility index (Phi) is 3.17. The van der Waals surface area contributed by atoms with Gasteiger partial charge in [0.15, 0.2) is 0 Å². The monoisotopic (exact) mass is 298 g/mol. The van der Waals surface area contributed by atoms with E-state index in [0.717, 1.165) is 4.57 Å². The van der Waals surface area contributed by atoms with Crippen molar-refractivity contribution in [1.29, 1.82) is 0 Å². The van der Waals surface area contributed by atoms with Crippen LogP contribution in [0.4, 0.5) is 0 Å². The highest BCUT2D eigenvalue weighted by atomic mass is 79.9. The van der Waals surface area contributed by atoms with E-state index in [-0.39, 0.29) is 6.54 Å². The maximum absolute atomic E-state index is 12.0. The quantitative estimate of drug-likeness (QED) is 0.862. The van der Waals surface area contributed by atoms with Crippen molar-refractivity contribution in [3.63, 3.8) is 0 Å². The van der Waals surface area contributed by atoms with E-state index in [1.165, 1.54) is 6.92 Å². The minimum atomic E-state index is -0.751. The van der Waals surface area contributed by atoms with Crippen LogP contribution in [0, 0.1) is 0 Å². The first-order chi connectivity index (χ1) is 8.00. The molecule has 1 aromatic carbocycles. The van der Waals surface area contributed by atoms with Crippen LogP contribution in [-0.4, -0.2) is 20.8 Å². The summed E-state index contributed by atoms with van der Waals surface area (Å²) in [5, 5.41) is 9.68. The van der Waals surface area contributed by atoms with Crippen LogP contribution < -0.4 is 11.2 Å². The number of halogens is 1. The maximum Gasteiger partial charge on any atom is 0.328 e. The Bertz CT molecular complexity index is 672. The van der Waals surface area contributed by atoms with Gasteiger partial charge in [-0.05, 0) is 35.0 Å². The predicted octanol–water partition coefficient (Wildman–Crippen LogP) is 0.833. The number of nitrogens with one attached hydrogen (secondary N) is 1. The zero-order chi connectivity index (χ0) is 12.6. The molecule has 0 amide bonds. The summed E-state index contributed by atoms with van der Waals surface area (Å²) >= 11 is 3.27. The molecule has 0 fully saturated rings. The average Bonchev–Trinajstić information content (AvgIpc) is 2.26. The Morgan fingerprint density at radius 2 is 2.18 bits per heavy atom. The third kappa shape index (κ3) is 2.18. The number of hydrogen-bond donors (Lipinski definition) is 2. The van der Waals surface area contributed by atoms with Crippen molar-refractivity contribution in [2.24, 2.45) is 0 Å². The molecule has 1 unspecified atom stereocenters. The van der Waals surface area contributed by atoms with E-state index >= 15 is 0 Å². The summed E-state index contributed by atoms with van der Waals surface area (Å²) < 4.78 is 1.66. The van der Waals surface area contributed by atoms with Crippen molar-refractivity contribution in [3.05, 3.63) is 43.5 Å². The summed E-state index contributed by atoms with van der Waals surface area (Å²) in [4.78, 5) is 26.4. The molecule has 0 radical (unpaired) electrons. The van der Waals surface area contributed by atoms with Crippen LogP contribution >= 0.6 is 15.9 Å². The number of aliphatic hydroxyl groups excluding tert-OH is 1. The van der Waals surface area contributed by atoms with Crippen molar-refractivity contribution in [1.82, 2.24) is 9.55 Å². The highest BCUT2D eigenvalue weighted by Crippen LogP contribution is 2.17. The van der Waals surface area contributed by atoms with Gasteiger partial charge in [-0.1, -0.05) is 6.07 Å². The van der Waals surface area contributed by atoms with Gasteiger partial charge in [-0.15, -0.1) is 0 Å². The van der Waals surface area contributed by atoms with E-state index in [1.807, 2.05) is 0 Å². The summed E-state index contributed by atoms with van der Waals surface area (Å²) in [5.74, 6) is 0.